The van der Waals surface area contributed by atoms with Crippen molar-refractivity contribution in [3.8, 4) is 17.2 Å². The Labute approximate surface area is 189 Å². The van der Waals surface area contributed by atoms with E-state index < -0.39 is 17.7 Å². The quantitative estimate of drug-likeness (QED) is 0.372. The van der Waals surface area contributed by atoms with Crippen LogP contribution in [0.1, 0.15) is 22.7 Å². The molecule has 8 nitrogen and oxygen atoms in total. The fourth-order valence-corrected chi connectivity index (χ4v) is 4.15. The number of benzene rings is 2. The first-order valence-electron chi connectivity index (χ1n) is 10.2. The van der Waals surface area contributed by atoms with Gasteiger partial charge in [0, 0.05) is 24.1 Å². The molecule has 2 aromatic carbocycles. The fraction of sp³-hybridized carbons (Fsp3) is 0.160. The smallest absolute Gasteiger partial charge is 0.300 e. The number of Topliss-reactive ketones (excluding diaryl/α,β-unsaturated/α-hetero) is 1. The number of aliphatic hydroxyl groups excluding tert-OH is 1. The second-order valence-corrected chi connectivity index (χ2v) is 7.69. The third kappa shape index (κ3) is 3.36. The summed E-state index contributed by atoms with van der Waals surface area (Å²) in [4.78, 5) is 32.0. The first-order valence-corrected chi connectivity index (χ1v) is 10.2. The number of ether oxygens (including phenoxy) is 3. The van der Waals surface area contributed by atoms with Gasteiger partial charge in [-0.2, -0.15) is 0 Å². The van der Waals surface area contributed by atoms with Gasteiger partial charge < -0.3 is 19.3 Å². The molecule has 1 amide bonds. The number of carbonyl (C=O) groups is 2. The van der Waals surface area contributed by atoms with E-state index in [1.807, 2.05) is 13.0 Å². The van der Waals surface area contributed by atoms with Crippen LogP contribution in [0.4, 0.5) is 5.69 Å². The number of pyridine rings is 1. The lowest BCUT2D eigenvalue weighted by Crippen LogP contribution is -2.29. The van der Waals surface area contributed by atoms with E-state index in [0.29, 0.717) is 34.1 Å². The van der Waals surface area contributed by atoms with Crippen molar-refractivity contribution in [1.82, 2.24) is 4.98 Å². The van der Waals surface area contributed by atoms with E-state index in [4.69, 9.17) is 14.2 Å². The van der Waals surface area contributed by atoms with Gasteiger partial charge in [-0.15, -0.1) is 0 Å². The topological polar surface area (TPSA) is 98.2 Å². The number of aromatic nitrogens is 1. The molecule has 0 aliphatic carbocycles. The molecule has 166 valence electrons. The van der Waals surface area contributed by atoms with Gasteiger partial charge in [-0.1, -0.05) is 11.6 Å². The molecular formula is C25H20N2O6. The molecule has 1 aromatic heterocycles. The lowest BCUT2D eigenvalue weighted by molar-refractivity contribution is -0.132. The molecule has 3 heterocycles. The Hall–Kier alpha value is -4.33. The SMILES string of the molecule is COc1ccc(C)cc1/C(O)=C1\C(=O)C(=O)N(c2ccc3c(c2)OCO3)C1c1ccncc1. The van der Waals surface area contributed by atoms with Crippen molar-refractivity contribution in [3.63, 3.8) is 0 Å². The summed E-state index contributed by atoms with van der Waals surface area (Å²) in [5, 5.41) is 11.3. The molecule has 3 aromatic rings. The van der Waals surface area contributed by atoms with Crippen LogP contribution < -0.4 is 19.1 Å². The monoisotopic (exact) mass is 444 g/mol. The average Bonchev–Trinajstić information content (AvgIpc) is 3.41. The summed E-state index contributed by atoms with van der Waals surface area (Å²) in [6.07, 6.45) is 3.14. The first kappa shape index (κ1) is 20.6. The van der Waals surface area contributed by atoms with Crippen LogP contribution in [0.5, 0.6) is 17.2 Å². The van der Waals surface area contributed by atoms with Crippen molar-refractivity contribution in [3.05, 3.63) is 83.2 Å². The zero-order chi connectivity index (χ0) is 23.1. The van der Waals surface area contributed by atoms with Crippen molar-refractivity contribution in [2.24, 2.45) is 0 Å². The molecule has 0 radical (unpaired) electrons. The summed E-state index contributed by atoms with van der Waals surface area (Å²) >= 11 is 0. The van der Waals surface area contributed by atoms with E-state index in [2.05, 4.69) is 4.98 Å². The molecular weight excluding hydrogens is 424 g/mol. The van der Waals surface area contributed by atoms with E-state index in [1.54, 1.807) is 54.9 Å². The van der Waals surface area contributed by atoms with Gasteiger partial charge in [-0.25, -0.2) is 0 Å². The highest BCUT2D eigenvalue weighted by Gasteiger charge is 2.47. The number of anilines is 1. The molecule has 2 aliphatic rings. The minimum absolute atomic E-state index is 0.0345. The van der Waals surface area contributed by atoms with Crippen LogP contribution in [-0.4, -0.2) is 35.7 Å². The van der Waals surface area contributed by atoms with E-state index in [0.717, 1.165) is 5.56 Å². The summed E-state index contributed by atoms with van der Waals surface area (Å²) in [5.41, 5.74) is 2.23. The average molecular weight is 444 g/mol. The molecule has 1 saturated heterocycles. The maximum Gasteiger partial charge on any atom is 0.300 e. The van der Waals surface area contributed by atoms with Crippen LogP contribution in [0, 0.1) is 6.92 Å². The number of hydrogen-bond donors (Lipinski definition) is 1. The Morgan fingerprint density at radius 2 is 1.82 bits per heavy atom. The Bertz CT molecular complexity index is 1300. The second kappa shape index (κ2) is 7.98. The Kier molecular flexibility index (Phi) is 4.97. The van der Waals surface area contributed by atoms with E-state index in [1.165, 1.54) is 12.0 Å². The molecule has 5 rings (SSSR count). The number of fused-ring (bicyclic) bond motifs is 1. The predicted octanol–water partition coefficient (Wildman–Crippen LogP) is 3.75. The van der Waals surface area contributed by atoms with Gasteiger partial charge in [0.1, 0.15) is 11.5 Å². The van der Waals surface area contributed by atoms with Gasteiger partial charge in [0.2, 0.25) is 6.79 Å². The lowest BCUT2D eigenvalue weighted by Gasteiger charge is -2.25. The summed E-state index contributed by atoms with van der Waals surface area (Å²) < 4.78 is 16.2. The van der Waals surface area contributed by atoms with E-state index >= 15 is 0 Å². The van der Waals surface area contributed by atoms with Gasteiger partial charge in [-0.05, 0) is 48.9 Å². The summed E-state index contributed by atoms with van der Waals surface area (Å²) in [6, 6.07) is 12.8. The van der Waals surface area contributed by atoms with Crippen LogP contribution in [0.3, 0.4) is 0 Å². The summed E-state index contributed by atoms with van der Waals surface area (Å²) in [5.74, 6) is -0.442. The van der Waals surface area contributed by atoms with Gasteiger partial charge in [0.25, 0.3) is 11.7 Å². The summed E-state index contributed by atoms with van der Waals surface area (Å²) in [6.45, 7) is 1.94. The van der Waals surface area contributed by atoms with Gasteiger partial charge in [-0.3, -0.25) is 19.5 Å². The predicted molar refractivity (Wildman–Crippen MR) is 119 cm³/mol. The highest BCUT2D eigenvalue weighted by molar-refractivity contribution is 6.51. The highest BCUT2D eigenvalue weighted by Crippen LogP contribution is 2.45. The molecule has 1 atom stereocenters. The number of amides is 1. The Balaban J connectivity index is 1.73. The van der Waals surface area contributed by atoms with Crippen LogP contribution in [-0.2, 0) is 9.59 Å². The molecule has 1 N–H and O–H groups in total. The molecule has 1 unspecified atom stereocenters. The molecule has 2 aliphatic heterocycles. The van der Waals surface area contributed by atoms with Crippen molar-refractivity contribution in [2.75, 3.05) is 18.8 Å². The normalized spacial score (nSPS) is 18.6. The van der Waals surface area contributed by atoms with Crippen LogP contribution in [0.15, 0.2) is 66.5 Å². The van der Waals surface area contributed by atoms with E-state index in [-0.39, 0.29) is 18.1 Å². The molecule has 8 heteroatoms. The third-order valence-electron chi connectivity index (χ3n) is 5.71. The van der Waals surface area contributed by atoms with Crippen molar-refractivity contribution >= 4 is 23.1 Å². The number of nitrogens with zero attached hydrogens (tertiary/aromatic N) is 2. The minimum Gasteiger partial charge on any atom is -0.507 e. The lowest BCUT2D eigenvalue weighted by atomic mass is 9.95. The third-order valence-corrected chi connectivity index (χ3v) is 5.71. The zero-order valence-corrected chi connectivity index (χ0v) is 17.9. The number of methoxy groups -OCH3 is 1. The van der Waals surface area contributed by atoms with Gasteiger partial charge in [0.15, 0.2) is 11.5 Å². The molecule has 0 saturated carbocycles. The minimum atomic E-state index is -0.876. The number of aryl methyl sites for hydroxylation is 1. The molecule has 0 spiro atoms. The van der Waals surface area contributed by atoms with Crippen LogP contribution in [0.2, 0.25) is 0 Å². The zero-order valence-electron chi connectivity index (χ0n) is 17.9. The second-order valence-electron chi connectivity index (χ2n) is 7.69. The fourth-order valence-electron chi connectivity index (χ4n) is 4.15. The highest BCUT2D eigenvalue weighted by atomic mass is 16.7. The van der Waals surface area contributed by atoms with Gasteiger partial charge >= 0.3 is 0 Å². The number of hydrogen-bond acceptors (Lipinski definition) is 7. The maximum absolute atomic E-state index is 13.3. The van der Waals surface area contributed by atoms with Crippen LogP contribution in [0.25, 0.3) is 5.76 Å². The van der Waals surface area contributed by atoms with Crippen molar-refractivity contribution in [1.29, 1.82) is 0 Å². The number of ketones is 1. The Morgan fingerprint density at radius 1 is 1.06 bits per heavy atom. The van der Waals surface area contributed by atoms with E-state index in [9.17, 15) is 14.7 Å². The van der Waals surface area contributed by atoms with Crippen molar-refractivity contribution < 1.29 is 28.9 Å². The van der Waals surface area contributed by atoms with Gasteiger partial charge in [0.05, 0.1) is 24.3 Å². The summed E-state index contributed by atoms with van der Waals surface area (Å²) in [7, 11) is 1.48. The molecule has 1 fully saturated rings. The first-order chi connectivity index (χ1) is 16.0. The Morgan fingerprint density at radius 3 is 2.58 bits per heavy atom. The van der Waals surface area contributed by atoms with Crippen LogP contribution >= 0.6 is 0 Å². The standard InChI is InChI=1S/C25H20N2O6/c1-14-3-5-18(31-2)17(11-14)23(28)21-22(15-7-9-26-10-8-15)27(25(30)24(21)29)16-4-6-19-20(12-16)33-13-32-19/h3-12,22,28H,13H2,1-2H3/b23-21+. The number of rotatable bonds is 4. The maximum atomic E-state index is 13.3. The molecule has 0 bridgehead atoms. The number of carbonyl (C=O) groups excluding carboxylic acids is 2. The largest absolute Gasteiger partial charge is 0.507 e. The number of aliphatic hydroxyl groups is 1. The molecule has 33 heavy (non-hydrogen) atoms. The van der Waals surface area contributed by atoms with Crippen molar-refractivity contribution in [2.45, 2.75) is 13.0 Å².